The van der Waals surface area contributed by atoms with Crippen LogP contribution in [0.25, 0.3) is 0 Å². The minimum absolute atomic E-state index is 0.358. The van der Waals surface area contributed by atoms with Crippen molar-refractivity contribution in [3.05, 3.63) is 0 Å². The molecule has 0 aliphatic rings. The van der Waals surface area contributed by atoms with Crippen molar-refractivity contribution < 1.29 is 5.11 Å². The van der Waals surface area contributed by atoms with Crippen LogP contribution < -0.4 is 0 Å². The van der Waals surface area contributed by atoms with Gasteiger partial charge in [-0.3, -0.25) is 0 Å². The van der Waals surface area contributed by atoms with Gasteiger partial charge in [-0.25, -0.2) is 0 Å². The lowest BCUT2D eigenvalue weighted by atomic mass is 9.83. The summed E-state index contributed by atoms with van der Waals surface area (Å²) < 4.78 is 0. The van der Waals surface area contributed by atoms with E-state index in [0.717, 1.165) is 12.8 Å². The molecule has 0 aromatic rings. The summed E-state index contributed by atoms with van der Waals surface area (Å²) in [4.78, 5) is 0. The van der Waals surface area contributed by atoms with Crippen molar-refractivity contribution >= 4 is 0 Å². The van der Waals surface area contributed by atoms with Crippen LogP contribution in [0.1, 0.15) is 47.5 Å². The predicted octanol–water partition coefficient (Wildman–Crippen LogP) is 2.83. The van der Waals surface area contributed by atoms with Gasteiger partial charge in [-0.1, -0.05) is 34.1 Å². The second-order valence-corrected chi connectivity index (χ2v) is 4.23. The third-order valence-electron chi connectivity index (χ3n) is 2.70. The van der Waals surface area contributed by atoms with Gasteiger partial charge < -0.3 is 5.11 Å². The number of rotatable bonds is 4. The van der Waals surface area contributed by atoms with Crippen LogP contribution in [0.15, 0.2) is 0 Å². The second-order valence-electron chi connectivity index (χ2n) is 4.23. The average molecular weight is 158 g/mol. The van der Waals surface area contributed by atoms with Gasteiger partial charge in [-0.05, 0) is 25.2 Å². The summed E-state index contributed by atoms with van der Waals surface area (Å²) in [5.41, 5.74) is -0.477. The molecule has 0 aromatic heterocycles. The highest BCUT2D eigenvalue weighted by atomic mass is 16.3. The molecular weight excluding hydrogens is 136 g/mol. The fourth-order valence-electron chi connectivity index (χ4n) is 1.09. The smallest absolute Gasteiger partial charge is 0.0645 e. The van der Waals surface area contributed by atoms with Crippen LogP contribution in [-0.2, 0) is 0 Å². The molecule has 0 heterocycles. The molecule has 0 amide bonds. The zero-order valence-electron chi connectivity index (χ0n) is 8.52. The van der Waals surface area contributed by atoms with Crippen LogP contribution in [0.2, 0.25) is 0 Å². The van der Waals surface area contributed by atoms with Crippen LogP contribution in [0.4, 0.5) is 0 Å². The average Bonchev–Trinajstić information content (AvgIpc) is 1.86. The highest BCUT2D eigenvalue weighted by Gasteiger charge is 2.26. The maximum atomic E-state index is 9.89. The Morgan fingerprint density at radius 2 is 1.73 bits per heavy atom. The van der Waals surface area contributed by atoms with Crippen molar-refractivity contribution in [1.82, 2.24) is 0 Å². The van der Waals surface area contributed by atoms with Crippen molar-refractivity contribution in [3.8, 4) is 0 Å². The van der Waals surface area contributed by atoms with E-state index in [1.807, 2.05) is 6.92 Å². The van der Waals surface area contributed by atoms with Gasteiger partial charge in [0.25, 0.3) is 0 Å². The maximum Gasteiger partial charge on any atom is 0.0645 e. The number of hydrogen-bond donors (Lipinski definition) is 1. The molecule has 0 rings (SSSR count). The zero-order valence-corrected chi connectivity index (χ0v) is 8.52. The highest BCUT2D eigenvalue weighted by Crippen LogP contribution is 2.25. The van der Waals surface area contributed by atoms with Crippen LogP contribution in [-0.4, -0.2) is 10.7 Å². The van der Waals surface area contributed by atoms with E-state index < -0.39 is 5.60 Å². The topological polar surface area (TPSA) is 20.2 Å². The van der Waals surface area contributed by atoms with Gasteiger partial charge in [0, 0.05) is 0 Å². The van der Waals surface area contributed by atoms with Crippen LogP contribution in [0.5, 0.6) is 0 Å². The third kappa shape index (κ3) is 3.76. The maximum absolute atomic E-state index is 9.89. The summed E-state index contributed by atoms with van der Waals surface area (Å²) in [6.07, 6.45) is 2.07. The van der Waals surface area contributed by atoms with E-state index in [-0.39, 0.29) is 0 Å². The van der Waals surface area contributed by atoms with Gasteiger partial charge >= 0.3 is 0 Å². The van der Waals surface area contributed by atoms with Crippen molar-refractivity contribution in [2.24, 2.45) is 11.8 Å². The van der Waals surface area contributed by atoms with Crippen molar-refractivity contribution in [2.45, 2.75) is 53.1 Å². The fraction of sp³-hybridized carbons (Fsp3) is 1.00. The van der Waals surface area contributed by atoms with Crippen molar-refractivity contribution in [1.29, 1.82) is 0 Å². The van der Waals surface area contributed by atoms with Gasteiger partial charge in [-0.2, -0.15) is 0 Å². The monoisotopic (exact) mass is 158 g/mol. The van der Waals surface area contributed by atoms with Crippen LogP contribution in [0.3, 0.4) is 0 Å². The Bertz CT molecular complexity index is 105. The highest BCUT2D eigenvalue weighted by molar-refractivity contribution is 4.77. The lowest BCUT2D eigenvalue weighted by molar-refractivity contribution is -0.00765. The standard InChI is InChI=1S/C10H22O/c1-6-9(4)7-10(5,11)8(2)3/h8-9,11H,6-7H2,1-5H3. The Labute approximate surface area is 70.8 Å². The van der Waals surface area contributed by atoms with E-state index in [2.05, 4.69) is 27.7 Å². The molecule has 0 fully saturated rings. The summed E-state index contributed by atoms with van der Waals surface area (Å²) in [7, 11) is 0. The first-order valence-electron chi connectivity index (χ1n) is 4.62. The lowest BCUT2D eigenvalue weighted by Gasteiger charge is -2.30. The molecule has 0 saturated carbocycles. The van der Waals surface area contributed by atoms with Gasteiger partial charge in [0.15, 0.2) is 0 Å². The molecule has 0 radical (unpaired) electrons. The summed E-state index contributed by atoms with van der Waals surface area (Å²) >= 11 is 0. The first-order valence-corrected chi connectivity index (χ1v) is 4.62. The molecule has 0 spiro atoms. The third-order valence-corrected chi connectivity index (χ3v) is 2.70. The summed E-state index contributed by atoms with van der Waals surface area (Å²) in [5.74, 6) is 0.990. The molecule has 68 valence electrons. The molecule has 0 bridgehead atoms. The second kappa shape index (κ2) is 4.10. The molecule has 1 N–H and O–H groups in total. The molecule has 0 aliphatic heterocycles. The molecule has 0 saturated heterocycles. The summed E-state index contributed by atoms with van der Waals surface area (Å²) in [5, 5.41) is 9.89. The molecule has 1 nitrogen and oxygen atoms in total. The van der Waals surface area contributed by atoms with E-state index in [0.29, 0.717) is 11.8 Å². The number of hydrogen-bond acceptors (Lipinski definition) is 1. The van der Waals surface area contributed by atoms with Gasteiger partial charge in [-0.15, -0.1) is 0 Å². The fourth-order valence-corrected chi connectivity index (χ4v) is 1.09. The summed E-state index contributed by atoms with van der Waals surface area (Å²) in [6.45, 7) is 10.4. The van der Waals surface area contributed by atoms with Gasteiger partial charge in [0.2, 0.25) is 0 Å². The van der Waals surface area contributed by atoms with E-state index in [9.17, 15) is 5.11 Å². The Morgan fingerprint density at radius 3 is 2.00 bits per heavy atom. The lowest BCUT2D eigenvalue weighted by Crippen LogP contribution is -2.32. The largest absolute Gasteiger partial charge is 0.390 e. The number of aliphatic hydroxyl groups is 1. The Hall–Kier alpha value is -0.0400. The minimum atomic E-state index is -0.477. The Kier molecular flexibility index (Phi) is 4.09. The Balaban J connectivity index is 3.90. The van der Waals surface area contributed by atoms with Crippen LogP contribution >= 0.6 is 0 Å². The van der Waals surface area contributed by atoms with E-state index in [1.54, 1.807) is 0 Å². The van der Waals surface area contributed by atoms with Gasteiger partial charge in [0.1, 0.15) is 0 Å². The Morgan fingerprint density at radius 1 is 1.27 bits per heavy atom. The molecule has 0 aliphatic carbocycles. The summed E-state index contributed by atoms with van der Waals surface area (Å²) in [6, 6.07) is 0. The van der Waals surface area contributed by atoms with Crippen LogP contribution in [0, 0.1) is 11.8 Å². The van der Waals surface area contributed by atoms with E-state index >= 15 is 0 Å². The van der Waals surface area contributed by atoms with Crippen molar-refractivity contribution in [3.63, 3.8) is 0 Å². The molecule has 2 atom stereocenters. The first kappa shape index (κ1) is 11.0. The van der Waals surface area contributed by atoms with Gasteiger partial charge in [0.05, 0.1) is 5.60 Å². The molecule has 11 heavy (non-hydrogen) atoms. The van der Waals surface area contributed by atoms with Crippen molar-refractivity contribution in [2.75, 3.05) is 0 Å². The predicted molar refractivity (Wildman–Crippen MR) is 49.5 cm³/mol. The quantitative estimate of drug-likeness (QED) is 0.667. The molecule has 0 aromatic carbocycles. The minimum Gasteiger partial charge on any atom is -0.390 e. The normalized spacial score (nSPS) is 19.9. The molecular formula is C10H22O. The molecule has 1 heteroatoms. The van der Waals surface area contributed by atoms with E-state index in [4.69, 9.17) is 0 Å². The zero-order chi connectivity index (χ0) is 9.07. The molecule has 2 unspecified atom stereocenters. The SMILES string of the molecule is CCC(C)CC(C)(O)C(C)C. The van der Waals surface area contributed by atoms with E-state index in [1.165, 1.54) is 0 Å². The first-order chi connectivity index (χ1) is 4.90.